The number of carbonyl (C=O) groups excluding carboxylic acids is 4. The Hall–Kier alpha value is -3.54. The van der Waals surface area contributed by atoms with Crippen molar-refractivity contribution in [1.82, 2.24) is 24.2 Å². The quantitative estimate of drug-likeness (QED) is 0.290. The fraction of sp³-hybridized carbons (Fsp3) is 0.391. The fourth-order valence-electron chi connectivity index (χ4n) is 4.26. The Labute approximate surface area is 205 Å². The van der Waals surface area contributed by atoms with E-state index in [0.29, 0.717) is 43.0 Å². The molecule has 10 nitrogen and oxygen atoms in total. The van der Waals surface area contributed by atoms with Gasteiger partial charge in [-0.2, -0.15) is 4.98 Å². The topological polar surface area (TPSA) is 117 Å². The Morgan fingerprint density at radius 3 is 2.86 bits per heavy atom. The summed E-state index contributed by atoms with van der Waals surface area (Å²) in [6, 6.07) is 6.53. The number of aldehydes is 1. The Kier molecular flexibility index (Phi) is 7.29. The van der Waals surface area contributed by atoms with E-state index < -0.39 is 23.8 Å². The van der Waals surface area contributed by atoms with Crippen LogP contribution in [0.4, 0.5) is 3.89 Å². The normalized spacial score (nSPS) is 16.5. The van der Waals surface area contributed by atoms with Crippen molar-refractivity contribution in [2.24, 2.45) is 0 Å². The summed E-state index contributed by atoms with van der Waals surface area (Å²) in [6.45, 7) is 2.59. The van der Waals surface area contributed by atoms with Crippen LogP contribution >= 0.6 is 12.3 Å². The van der Waals surface area contributed by atoms with Gasteiger partial charge in [-0.1, -0.05) is 28.9 Å². The van der Waals surface area contributed by atoms with Crippen LogP contribution in [0.3, 0.4) is 0 Å². The second-order valence-corrected chi connectivity index (χ2v) is 9.10. The van der Waals surface area contributed by atoms with Crippen molar-refractivity contribution >= 4 is 36.3 Å². The third-order valence-corrected chi connectivity index (χ3v) is 6.43. The van der Waals surface area contributed by atoms with Crippen LogP contribution in [-0.2, 0) is 25.7 Å². The first-order valence-electron chi connectivity index (χ1n) is 11.1. The zero-order chi connectivity index (χ0) is 25.1. The van der Waals surface area contributed by atoms with Crippen LogP contribution in [0.15, 0.2) is 40.1 Å². The third-order valence-electron chi connectivity index (χ3n) is 6.02. The van der Waals surface area contributed by atoms with Crippen LogP contribution in [0.2, 0.25) is 0 Å². The Balaban J connectivity index is 1.50. The Morgan fingerprint density at radius 1 is 1.34 bits per heavy atom. The van der Waals surface area contributed by atoms with Gasteiger partial charge >= 0.3 is 0 Å². The van der Waals surface area contributed by atoms with Gasteiger partial charge in [0.15, 0.2) is 12.3 Å². The van der Waals surface area contributed by atoms with E-state index in [4.69, 9.17) is 4.52 Å². The molecular weight excluding hydrogens is 477 g/mol. The van der Waals surface area contributed by atoms with Gasteiger partial charge in [-0.15, -0.1) is 3.89 Å². The predicted molar refractivity (Wildman–Crippen MR) is 124 cm³/mol. The van der Waals surface area contributed by atoms with Gasteiger partial charge in [-0.05, 0) is 32.3 Å². The SMILES string of the molecule is Cc1cccc(-c2noc(CN3CCCC4=C3C(=O)N(C(C=O)CCC(=O)N(C)SF)C4=O)n2)c1. The lowest BCUT2D eigenvalue weighted by Gasteiger charge is -2.28. The Bertz CT molecular complexity index is 1200. The molecule has 0 bridgehead atoms. The summed E-state index contributed by atoms with van der Waals surface area (Å²) in [7, 11) is 1.26. The van der Waals surface area contributed by atoms with Crippen molar-refractivity contribution in [2.75, 3.05) is 13.6 Å². The molecule has 1 aromatic heterocycles. The number of carbonyl (C=O) groups is 4. The minimum Gasteiger partial charge on any atom is -0.357 e. The van der Waals surface area contributed by atoms with E-state index in [0.717, 1.165) is 20.3 Å². The zero-order valence-electron chi connectivity index (χ0n) is 19.3. The first-order valence-corrected chi connectivity index (χ1v) is 11.8. The number of nitrogens with zero attached hydrogens (tertiary/aromatic N) is 5. The largest absolute Gasteiger partial charge is 0.357 e. The van der Waals surface area contributed by atoms with Crippen molar-refractivity contribution < 1.29 is 27.6 Å². The van der Waals surface area contributed by atoms with Crippen LogP contribution in [0.1, 0.15) is 37.1 Å². The maximum atomic E-state index is 13.3. The van der Waals surface area contributed by atoms with E-state index in [1.165, 1.54) is 7.05 Å². The molecule has 0 spiro atoms. The maximum absolute atomic E-state index is 13.3. The lowest BCUT2D eigenvalue weighted by molar-refractivity contribution is -0.144. The number of aryl methyl sites for hydroxylation is 1. The standard InChI is InChI=1S/C23H24FN5O5S/c1-14-5-3-6-15(11-14)21-25-18(34-26-21)12-28-10-4-7-17-20(28)23(33)29(22(17)32)16(13-30)8-9-19(31)27(2)35-24/h3,5-6,11,13,16H,4,7-10,12H2,1-2H3. The number of halogens is 1. The molecular formula is C23H24FN5O5S. The van der Waals surface area contributed by atoms with Gasteiger partial charge in [0.1, 0.15) is 12.0 Å². The smallest absolute Gasteiger partial charge is 0.278 e. The van der Waals surface area contributed by atoms with Gasteiger partial charge in [0.2, 0.25) is 17.6 Å². The van der Waals surface area contributed by atoms with Gasteiger partial charge in [0, 0.05) is 31.1 Å². The number of hydrogen-bond acceptors (Lipinski definition) is 9. The maximum Gasteiger partial charge on any atom is 0.278 e. The Morgan fingerprint density at radius 2 is 2.14 bits per heavy atom. The second-order valence-electron chi connectivity index (χ2n) is 8.42. The van der Waals surface area contributed by atoms with Gasteiger partial charge in [-0.3, -0.25) is 23.6 Å². The van der Waals surface area contributed by atoms with Crippen molar-refractivity contribution in [2.45, 2.75) is 45.2 Å². The highest BCUT2D eigenvalue weighted by molar-refractivity contribution is 7.92. The summed E-state index contributed by atoms with van der Waals surface area (Å²) in [5.74, 6) is -0.978. The van der Waals surface area contributed by atoms with Gasteiger partial charge in [0.25, 0.3) is 11.8 Å². The van der Waals surface area contributed by atoms with Crippen molar-refractivity contribution in [3.05, 3.63) is 47.0 Å². The molecule has 0 fully saturated rings. The van der Waals surface area contributed by atoms with Crippen molar-refractivity contribution in [1.29, 1.82) is 0 Å². The molecule has 2 aliphatic heterocycles. The summed E-state index contributed by atoms with van der Waals surface area (Å²) in [6.07, 6.45) is 1.23. The summed E-state index contributed by atoms with van der Waals surface area (Å²) >= 11 is -0.243. The van der Waals surface area contributed by atoms with Gasteiger partial charge < -0.3 is 14.2 Å². The number of amides is 3. The van der Waals surface area contributed by atoms with E-state index in [2.05, 4.69) is 10.1 Å². The van der Waals surface area contributed by atoms with Crippen LogP contribution in [0, 0.1) is 6.92 Å². The second kappa shape index (κ2) is 10.4. The molecule has 2 aromatic rings. The molecule has 3 amide bonds. The molecule has 184 valence electrons. The van der Waals surface area contributed by atoms with E-state index in [1.54, 1.807) is 4.90 Å². The zero-order valence-corrected chi connectivity index (χ0v) is 20.1. The number of imide groups is 1. The monoisotopic (exact) mass is 501 g/mol. The van der Waals surface area contributed by atoms with Gasteiger partial charge in [-0.25, -0.2) is 0 Å². The first-order chi connectivity index (χ1) is 16.8. The molecule has 1 atom stereocenters. The number of aromatic nitrogens is 2. The summed E-state index contributed by atoms with van der Waals surface area (Å²) in [5.41, 5.74) is 2.40. The number of hydrogen-bond donors (Lipinski definition) is 0. The van der Waals surface area contributed by atoms with E-state index in [9.17, 15) is 23.1 Å². The van der Waals surface area contributed by atoms with E-state index in [-0.39, 0.29) is 37.4 Å². The minimum absolute atomic E-state index is 0.0885. The molecule has 2 aliphatic rings. The molecule has 1 aromatic carbocycles. The molecule has 35 heavy (non-hydrogen) atoms. The lowest BCUT2D eigenvalue weighted by atomic mass is 10.0. The molecule has 0 radical (unpaired) electrons. The molecule has 0 aliphatic carbocycles. The molecule has 4 rings (SSSR count). The highest BCUT2D eigenvalue weighted by Crippen LogP contribution is 2.34. The molecule has 0 saturated heterocycles. The average molecular weight is 502 g/mol. The highest BCUT2D eigenvalue weighted by atomic mass is 32.2. The fourth-order valence-corrected chi connectivity index (χ4v) is 4.43. The van der Waals surface area contributed by atoms with Crippen LogP contribution < -0.4 is 0 Å². The first kappa shape index (κ1) is 24.6. The summed E-state index contributed by atoms with van der Waals surface area (Å²) < 4.78 is 18.8. The molecule has 3 heterocycles. The third kappa shape index (κ3) is 4.97. The van der Waals surface area contributed by atoms with Crippen LogP contribution in [-0.4, -0.2) is 67.9 Å². The predicted octanol–water partition coefficient (Wildman–Crippen LogP) is 2.60. The summed E-state index contributed by atoms with van der Waals surface area (Å²) in [5, 5.41) is 4.03. The molecule has 0 saturated carbocycles. The molecule has 1 unspecified atom stereocenters. The van der Waals surface area contributed by atoms with E-state index >= 15 is 0 Å². The molecule has 0 N–H and O–H groups in total. The number of rotatable bonds is 9. The van der Waals surface area contributed by atoms with Gasteiger partial charge in [0.05, 0.1) is 12.6 Å². The summed E-state index contributed by atoms with van der Waals surface area (Å²) in [4.78, 5) is 57.1. The lowest BCUT2D eigenvalue weighted by Crippen LogP contribution is -2.43. The molecule has 12 heteroatoms. The van der Waals surface area contributed by atoms with Crippen LogP contribution in [0.25, 0.3) is 11.4 Å². The van der Waals surface area contributed by atoms with Crippen LogP contribution in [0.5, 0.6) is 0 Å². The number of benzene rings is 1. The average Bonchev–Trinajstić information content (AvgIpc) is 3.42. The minimum atomic E-state index is -1.12. The van der Waals surface area contributed by atoms with Crippen molar-refractivity contribution in [3.63, 3.8) is 0 Å². The van der Waals surface area contributed by atoms with Crippen molar-refractivity contribution in [3.8, 4) is 11.4 Å². The van der Waals surface area contributed by atoms with E-state index in [1.807, 2.05) is 31.2 Å². The highest BCUT2D eigenvalue weighted by Gasteiger charge is 2.45.